The molecule has 1 amide bonds. The lowest BCUT2D eigenvalue weighted by Gasteiger charge is -2.16. The number of rotatable bonds is 9. The van der Waals surface area contributed by atoms with Crippen LogP contribution >= 0.6 is 11.3 Å². The van der Waals surface area contributed by atoms with Crippen LogP contribution < -0.4 is 10.5 Å². The molecule has 15 heteroatoms. The van der Waals surface area contributed by atoms with Crippen LogP contribution in [0.4, 0.5) is 17.6 Å². The molecule has 2 heterocycles. The van der Waals surface area contributed by atoms with E-state index in [2.05, 4.69) is 15.3 Å². The Morgan fingerprint density at radius 1 is 1.21 bits per heavy atom. The van der Waals surface area contributed by atoms with Gasteiger partial charge in [-0.2, -0.15) is 17.6 Å². The number of fused-ring (bicyclic) bond motifs is 1. The van der Waals surface area contributed by atoms with Crippen molar-refractivity contribution in [2.45, 2.75) is 17.8 Å². The van der Waals surface area contributed by atoms with Gasteiger partial charge in [0.05, 0.1) is 39.1 Å². The second kappa shape index (κ2) is 10.4. The molecule has 0 aliphatic heterocycles. The molecular weight excluding hydrogens is 520 g/mol. The monoisotopic (exact) mass is 538 g/mol. The summed E-state index contributed by atoms with van der Waals surface area (Å²) in [6.07, 6.45) is -5.06. The zero-order valence-electron chi connectivity index (χ0n) is 17.2. The van der Waals surface area contributed by atoms with E-state index < -0.39 is 56.3 Å². The molecule has 0 saturated carbocycles. The molecule has 3 rings (SSSR count). The number of halogens is 4. The molecule has 34 heavy (non-hydrogen) atoms. The Kier molecular flexibility index (Phi) is 8.00. The highest BCUT2D eigenvalue weighted by Gasteiger charge is 2.40. The lowest BCUT2D eigenvalue weighted by molar-refractivity contribution is -0.130. The highest BCUT2D eigenvalue weighted by molar-refractivity contribution is 7.92. The molecule has 2 unspecified atom stereocenters. The number of nitrogens with one attached hydrogen (secondary N) is 1. The van der Waals surface area contributed by atoms with Gasteiger partial charge >= 0.3 is 6.18 Å². The van der Waals surface area contributed by atoms with Crippen molar-refractivity contribution in [3.63, 3.8) is 0 Å². The number of nitrogens with two attached hydrogens (primary N) is 1. The van der Waals surface area contributed by atoms with E-state index in [9.17, 15) is 35.0 Å². The van der Waals surface area contributed by atoms with E-state index in [0.29, 0.717) is 21.3 Å². The summed E-state index contributed by atoms with van der Waals surface area (Å²) >= 11 is 0.834. The molecule has 2 atom stereocenters. The van der Waals surface area contributed by atoms with Gasteiger partial charge in [-0.15, -0.1) is 11.3 Å². The molecule has 0 spiro atoms. The summed E-state index contributed by atoms with van der Waals surface area (Å²) in [6, 6.07) is 7.46. The first kappa shape index (κ1) is 26.1. The maximum Gasteiger partial charge on any atom is 0.390 e. The number of thiazole rings is 1. The zero-order chi connectivity index (χ0) is 25.1. The summed E-state index contributed by atoms with van der Waals surface area (Å²) < 4.78 is 88.2. The third kappa shape index (κ3) is 6.77. The summed E-state index contributed by atoms with van der Waals surface area (Å²) in [4.78, 5) is 20.5. The van der Waals surface area contributed by atoms with E-state index >= 15 is 0 Å². The smallest absolute Gasteiger partial charge is 0.354 e. The Hall–Kier alpha value is -2.49. The molecule has 8 nitrogen and oxygen atoms in total. The fourth-order valence-electron chi connectivity index (χ4n) is 2.95. The number of nitrogens with zero attached hydrogens (tertiary/aromatic N) is 2. The number of aromatic nitrogens is 2. The van der Waals surface area contributed by atoms with Crippen LogP contribution in [0.1, 0.15) is 16.7 Å². The Morgan fingerprint density at radius 3 is 2.53 bits per heavy atom. The summed E-state index contributed by atoms with van der Waals surface area (Å²) in [5, 5.41) is 5.16. The lowest BCUT2D eigenvalue weighted by Crippen LogP contribution is -2.37. The Labute approximate surface area is 198 Å². The quantitative estimate of drug-likeness (QED) is 0.318. The van der Waals surface area contributed by atoms with E-state index in [1.165, 1.54) is 18.3 Å². The summed E-state index contributed by atoms with van der Waals surface area (Å²) in [5.41, 5.74) is 1.51. The third-order valence-electron chi connectivity index (χ3n) is 4.56. The Bertz CT molecular complexity index is 1310. The first-order valence-electron chi connectivity index (χ1n) is 9.57. The number of benzene rings is 1. The van der Waals surface area contributed by atoms with E-state index in [0.717, 1.165) is 11.3 Å². The van der Waals surface area contributed by atoms with Gasteiger partial charge in [0.2, 0.25) is 11.9 Å². The van der Waals surface area contributed by atoms with Crippen LogP contribution in [0.3, 0.4) is 0 Å². The van der Waals surface area contributed by atoms with Crippen molar-refractivity contribution in [1.82, 2.24) is 15.3 Å². The number of alkyl halides is 3. The molecule has 0 aliphatic rings. The number of carbonyl (C=O) groups is 1. The van der Waals surface area contributed by atoms with Crippen molar-refractivity contribution in [3.05, 3.63) is 47.5 Å². The number of amides is 1. The number of sulfone groups is 1. The minimum atomic E-state index is -4.74. The van der Waals surface area contributed by atoms with Gasteiger partial charge in [-0.1, -0.05) is 6.07 Å². The predicted molar refractivity (Wildman–Crippen MR) is 120 cm³/mol. The van der Waals surface area contributed by atoms with Gasteiger partial charge in [0.15, 0.2) is 15.1 Å². The average molecular weight is 539 g/mol. The molecule has 0 radical (unpaired) electrons. The molecule has 184 valence electrons. The van der Waals surface area contributed by atoms with Crippen LogP contribution in [-0.4, -0.2) is 52.7 Å². The number of hydrogen-bond donors (Lipinski definition) is 2. The van der Waals surface area contributed by atoms with Crippen molar-refractivity contribution in [1.29, 1.82) is 0 Å². The number of carbonyl (C=O) groups excluding carboxylic acids is 1. The molecule has 0 fully saturated rings. The minimum Gasteiger partial charge on any atom is -0.354 e. The fourth-order valence-corrected chi connectivity index (χ4v) is 6.35. The molecule has 3 aromatic rings. The standard InChI is InChI=1S/C19H18F4N4O4S3/c20-15-4-2-12(10-26-15)11-1-3-13-14(9-11)32-18(27-13)16(17(28)25-6-7-33(24)29)34(30,31)8-5-19(21,22)23/h1-4,9-10,16H,5-8,24H2,(H,25,28). The number of hydrogen-bond acceptors (Lipinski definition) is 7. The average Bonchev–Trinajstić information content (AvgIpc) is 3.14. The SMILES string of the molecule is NS(=O)CCNC(=O)C(c1nc2ccc(-c3ccc(F)nc3)cc2s1)S(=O)(=O)CCC(F)(F)F. The Balaban J connectivity index is 1.98. The second-order valence-electron chi connectivity index (χ2n) is 7.09. The largest absolute Gasteiger partial charge is 0.390 e. The van der Waals surface area contributed by atoms with Gasteiger partial charge in [0.25, 0.3) is 0 Å². The Morgan fingerprint density at radius 2 is 1.91 bits per heavy atom. The van der Waals surface area contributed by atoms with E-state index in [1.807, 2.05) is 0 Å². The fraction of sp³-hybridized carbons (Fsp3) is 0.316. The predicted octanol–water partition coefficient (Wildman–Crippen LogP) is 2.64. The maximum absolute atomic E-state index is 13.1. The molecule has 0 saturated heterocycles. The lowest BCUT2D eigenvalue weighted by atomic mass is 10.1. The summed E-state index contributed by atoms with van der Waals surface area (Å²) in [6.45, 7) is -0.236. The topological polar surface area (TPSA) is 132 Å². The third-order valence-corrected chi connectivity index (χ3v) is 8.33. The van der Waals surface area contributed by atoms with E-state index in [1.54, 1.807) is 18.2 Å². The molecule has 0 bridgehead atoms. The van der Waals surface area contributed by atoms with Gasteiger partial charge in [0.1, 0.15) is 5.01 Å². The molecule has 3 N–H and O–H groups in total. The van der Waals surface area contributed by atoms with Crippen LogP contribution in [0.2, 0.25) is 0 Å². The zero-order valence-corrected chi connectivity index (χ0v) is 19.7. The highest BCUT2D eigenvalue weighted by atomic mass is 32.2. The summed E-state index contributed by atoms with van der Waals surface area (Å²) in [7, 11) is -6.38. The van der Waals surface area contributed by atoms with Crippen LogP contribution in [0, 0.1) is 5.95 Å². The first-order valence-corrected chi connectivity index (χ1v) is 13.5. The van der Waals surface area contributed by atoms with Gasteiger partial charge in [-0.05, 0) is 29.8 Å². The van der Waals surface area contributed by atoms with Crippen molar-refractivity contribution >= 4 is 48.3 Å². The molecule has 2 aromatic heterocycles. The van der Waals surface area contributed by atoms with Crippen LogP contribution in [0.15, 0.2) is 36.5 Å². The second-order valence-corrected chi connectivity index (χ2v) is 11.5. The molecular formula is C19H18F4N4O4S3. The van der Waals surface area contributed by atoms with Gasteiger partial charge in [0, 0.05) is 18.3 Å². The van der Waals surface area contributed by atoms with Crippen molar-refractivity contribution in [3.8, 4) is 11.1 Å². The number of pyridine rings is 1. The van der Waals surface area contributed by atoms with Crippen molar-refractivity contribution in [2.24, 2.45) is 5.14 Å². The summed E-state index contributed by atoms with van der Waals surface area (Å²) in [5.74, 6) is -3.23. The van der Waals surface area contributed by atoms with Gasteiger partial charge in [-0.3, -0.25) is 9.93 Å². The van der Waals surface area contributed by atoms with Crippen LogP contribution in [0.5, 0.6) is 0 Å². The van der Waals surface area contributed by atoms with E-state index in [-0.39, 0.29) is 17.3 Å². The first-order chi connectivity index (χ1) is 15.9. The van der Waals surface area contributed by atoms with Crippen molar-refractivity contribution < 1.29 is 35.0 Å². The van der Waals surface area contributed by atoms with Crippen molar-refractivity contribution in [2.75, 3.05) is 18.1 Å². The van der Waals surface area contributed by atoms with E-state index in [4.69, 9.17) is 5.14 Å². The van der Waals surface area contributed by atoms with Gasteiger partial charge in [-0.25, -0.2) is 22.6 Å². The molecule has 0 aliphatic carbocycles. The van der Waals surface area contributed by atoms with Crippen LogP contribution in [-0.2, 0) is 25.6 Å². The molecule has 1 aromatic carbocycles. The highest BCUT2D eigenvalue weighted by Crippen LogP contribution is 2.35. The minimum absolute atomic E-state index is 0.171. The van der Waals surface area contributed by atoms with Gasteiger partial charge < -0.3 is 5.32 Å². The maximum atomic E-state index is 13.1. The normalized spacial score (nSPS) is 14.1. The van der Waals surface area contributed by atoms with Crippen LogP contribution in [0.25, 0.3) is 21.3 Å².